The van der Waals surface area contributed by atoms with Crippen molar-refractivity contribution in [3.63, 3.8) is 0 Å². The molecule has 0 unspecified atom stereocenters. The van der Waals surface area contributed by atoms with Gasteiger partial charge in [0, 0.05) is 13.2 Å². The Morgan fingerprint density at radius 3 is 1.89 bits per heavy atom. The first-order valence-corrected chi connectivity index (χ1v) is 6.18. The summed E-state index contributed by atoms with van der Waals surface area (Å²) in [7, 11) is 0. The number of hydrogen-bond acceptors (Lipinski definition) is 1. The Morgan fingerprint density at radius 1 is 0.684 bits per heavy atom. The number of aromatic amines is 1. The predicted molar refractivity (Wildman–Crippen MR) is 80.0 cm³/mol. The molecule has 94 valence electrons. The highest BCUT2D eigenvalue weighted by molar-refractivity contribution is 5.70. The molecule has 2 nitrogen and oxygen atoms in total. The topological polar surface area (TPSA) is 32.9 Å². The summed E-state index contributed by atoms with van der Waals surface area (Å²) in [4.78, 5) is 14.7. The lowest BCUT2D eigenvalue weighted by Gasteiger charge is -2.05. The fourth-order valence-corrected chi connectivity index (χ4v) is 2.11. The standard InChI is InChI=1S/C17H13NO.H2/c19-17-12-15(13-7-3-1-4-8-13)11-16(18-17)14-9-5-2-6-10-14;/h1-12H,(H,18,19);1H. The largest absolute Gasteiger partial charge is 0.322 e. The number of benzene rings is 2. The summed E-state index contributed by atoms with van der Waals surface area (Å²) in [6.45, 7) is 0. The van der Waals surface area contributed by atoms with E-state index in [1.54, 1.807) is 6.07 Å². The van der Waals surface area contributed by atoms with E-state index >= 15 is 0 Å². The minimum Gasteiger partial charge on any atom is -0.322 e. The third kappa shape index (κ3) is 2.47. The SMILES string of the molecule is O=c1cc(-c2ccccc2)cc(-c2ccccc2)[nH]1.[HH]. The fraction of sp³-hybridized carbons (Fsp3) is 0. The molecule has 0 fully saturated rings. The zero-order valence-electron chi connectivity index (χ0n) is 10.3. The molecule has 3 aromatic rings. The van der Waals surface area contributed by atoms with Crippen molar-refractivity contribution < 1.29 is 1.43 Å². The lowest BCUT2D eigenvalue weighted by Crippen LogP contribution is -2.05. The molecule has 0 saturated heterocycles. The van der Waals surface area contributed by atoms with Crippen molar-refractivity contribution in [2.45, 2.75) is 0 Å². The maximum absolute atomic E-state index is 11.8. The van der Waals surface area contributed by atoms with Crippen LogP contribution in [0, 0.1) is 0 Å². The number of aromatic nitrogens is 1. The van der Waals surface area contributed by atoms with E-state index in [0.29, 0.717) is 0 Å². The van der Waals surface area contributed by atoms with Crippen LogP contribution >= 0.6 is 0 Å². The molecule has 0 aliphatic heterocycles. The lowest BCUT2D eigenvalue weighted by molar-refractivity contribution is 1.24. The molecule has 1 N–H and O–H groups in total. The van der Waals surface area contributed by atoms with E-state index in [-0.39, 0.29) is 6.99 Å². The van der Waals surface area contributed by atoms with Crippen LogP contribution in [0.25, 0.3) is 22.4 Å². The van der Waals surface area contributed by atoms with Crippen LogP contribution in [0.15, 0.2) is 77.6 Å². The average molecular weight is 249 g/mol. The second-order valence-corrected chi connectivity index (χ2v) is 4.38. The Bertz CT molecular complexity index is 675. The van der Waals surface area contributed by atoms with E-state index in [2.05, 4.69) is 4.98 Å². The van der Waals surface area contributed by atoms with E-state index in [4.69, 9.17) is 0 Å². The maximum atomic E-state index is 11.8. The van der Waals surface area contributed by atoms with Gasteiger partial charge in [-0.3, -0.25) is 4.79 Å². The first kappa shape index (κ1) is 11.5. The van der Waals surface area contributed by atoms with Crippen LogP contribution in [-0.2, 0) is 0 Å². The van der Waals surface area contributed by atoms with Crippen LogP contribution < -0.4 is 5.56 Å². The molecule has 0 radical (unpaired) electrons. The smallest absolute Gasteiger partial charge is 0.249 e. The van der Waals surface area contributed by atoms with Crippen molar-refractivity contribution in [3.8, 4) is 22.4 Å². The summed E-state index contributed by atoms with van der Waals surface area (Å²) in [5.74, 6) is 0. The molecule has 0 atom stereocenters. The fourth-order valence-electron chi connectivity index (χ4n) is 2.11. The number of hydrogen-bond donors (Lipinski definition) is 1. The van der Waals surface area contributed by atoms with Gasteiger partial charge in [0.05, 0.1) is 0 Å². The number of H-pyrrole nitrogens is 1. The Kier molecular flexibility index (Phi) is 2.99. The van der Waals surface area contributed by atoms with Gasteiger partial charge < -0.3 is 4.98 Å². The van der Waals surface area contributed by atoms with Crippen molar-refractivity contribution in [1.29, 1.82) is 0 Å². The molecule has 1 aromatic heterocycles. The molecule has 0 spiro atoms. The van der Waals surface area contributed by atoms with E-state index in [0.717, 1.165) is 22.4 Å². The highest BCUT2D eigenvalue weighted by Crippen LogP contribution is 2.22. The van der Waals surface area contributed by atoms with Gasteiger partial charge in [-0.2, -0.15) is 0 Å². The molecular formula is C17H15NO. The predicted octanol–water partition coefficient (Wildman–Crippen LogP) is 3.95. The molecule has 0 aliphatic rings. The van der Waals surface area contributed by atoms with E-state index in [9.17, 15) is 4.79 Å². The van der Waals surface area contributed by atoms with Gasteiger partial charge in [-0.05, 0) is 22.8 Å². The molecule has 0 aliphatic carbocycles. The van der Waals surface area contributed by atoms with Crippen LogP contribution in [0.1, 0.15) is 1.43 Å². The Hall–Kier alpha value is -2.61. The summed E-state index contributed by atoms with van der Waals surface area (Å²) >= 11 is 0. The zero-order valence-corrected chi connectivity index (χ0v) is 10.3. The summed E-state index contributed by atoms with van der Waals surface area (Å²) in [5, 5.41) is 0. The summed E-state index contributed by atoms with van der Waals surface area (Å²) in [6.07, 6.45) is 0. The van der Waals surface area contributed by atoms with Crippen LogP contribution in [0.2, 0.25) is 0 Å². The van der Waals surface area contributed by atoms with Gasteiger partial charge in [0.1, 0.15) is 0 Å². The monoisotopic (exact) mass is 249 g/mol. The van der Waals surface area contributed by atoms with Crippen molar-refractivity contribution in [3.05, 3.63) is 83.2 Å². The first-order valence-electron chi connectivity index (χ1n) is 6.18. The van der Waals surface area contributed by atoms with Gasteiger partial charge in [-0.1, -0.05) is 60.7 Å². The van der Waals surface area contributed by atoms with E-state index in [1.165, 1.54) is 0 Å². The molecule has 3 rings (SSSR count). The third-order valence-corrected chi connectivity index (χ3v) is 3.04. The summed E-state index contributed by atoms with van der Waals surface area (Å²) in [6, 6.07) is 23.4. The van der Waals surface area contributed by atoms with Crippen LogP contribution in [0.3, 0.4) is 0 Å². The molecule has 0 saturated carbocycles. The third-order valence-electron chi connectivity index (χ3n) is 3.04. The normalized spacial score (nSPS) is 10.3. The molecule has 2 heteroatoms. The molecule has 2 aromatic carbocycles. The quantitative estimate of drug-likeness (QED) is 0.732. The number of nitrogens with one attached hydrogen (secondary N) is 1. The summed E-state index contributed by atoms with van der Waals surface area (Å²) < 4.78 is 0. The van der Waals surface area contributed by atoms with Crippen LogP contribution in [0.5, 0.6) is 0 Å². The van der Waals surface area contributed by atoms with Gasteiger partial charge >= 0.3 is 0 Å². The lowest BCUT2D eigenvalue weighted by atomic mass is 10.0. The van der Waals surface area contributed by atoms with Gasteiger partial charge in [0.15, 0.2) is 0 Å². The Labute approximate surface area is 112 Å². The second kappa shape index (κ2) is 4.94. The molecule has 0 bridgehead atoms. The van der Waals surface area contributed by atoms with Crippen molar-refractivity contribution in [2.24, 2.45) is 0 Å². The minimum atomic E-state index is -0.0831. The van der Waals surface area contributed by atoms with Crippen LogP contribution in [0.4, 0.5) is 0 Å². The minimum absolute atomic E-state index is 0. The van der Waals surface area contributed by atoms with Gasteiger partial charge in [0.2, 0.25) is 5.56 Å². The van der Waals surface area contributed by atoms with Gasteiger partial charge in [-0.15, -0.1) is 0 Å². The van der Waals surface area contributed by atoms with Crippen LogP contribution in [-0.4, -0.2) is 4.98 Å². The van der Waals surface area contributed by atoms with Crippen molar-refractivity contribution in [2.75, 3.05) is 0 Å². The molecule has 0 amide bonds. The molecule has 19 heavy (non-hydrogen) atoms. The highest BCUT2D eigenvalue weighted by atomic mass is 16.1. The average Bonchev–Trinajstić information content (AvgIpc) is 2.48. The van der Waals surface area contributed by atoms with Crippen molar-refractivity contribution >= 4 is 0 Å². The summed E-state index contributed by atoms with van der Waals surface area (Å²) in [5.41, 5.74) is 3.75. The maximum Gasteiger partial charge on any atom is 0.249 e. The first-order chi connectivity index (χ1) is 9.33. The van der Waals surface area contributed by atoms with Gasteiger partial charge in [0.25, 0.3) is 0 Å². The van der Waals surface area contributed by atoms with Gasteiger partial charge in [-0.25, -0.2) is 0 Å². The molecule has 1 heterocycles. The van der Waals surface area contributed by atoms with Crippen molar-refractivity contribution in [1.82, 2.24) is 4.98 Å². The molecular weight excluding hydrogens is 234 g/mol. The number of pyridine rings is 1. The second-order valence-electron chi connectivity index (χ2n) is 4.38. The van der Waals surface area contributed by atoms with E-state index < -0.39 is 0 Å². The number of rotatable bonds is 2. The van der Waals surface area contributed by atoms with E-state index in [1.807, 2.05) is 66.7 Å². The zero-order chi connectivity index (χ0) is 13.1. The highest BCUT2D eigenvalue weighted by Gasteiger charge is 2.03. The Balaban J connectivity index is 0.00000147. The Morgan fingerprint density at radius 2 is 1.26 bits per heavy atom.